The zero-order chi connectivity index (χ0) is 14.4. The second-order valence-corrected chi connectivity index (χ2v) is 4.90. The molecule has 0 saturated carbocycles. The highest BCUT2D eigenvalue weighted by atomic mass is 16.3. The quantitative estimate of drug-likeness (QED) is 0.874. The van der Waals surface area contributed by atoms with Crippen LogP contribution in [0.25, 0.3) is 0 Å². The standard InChI is InChI=1S/C17H19NO2/c1-13(14-5-3-2-4-6-14)11-12-18-17(20)15-7-9-16(19)10-8-15/h2-10,13,19H,11-12H2,1H3,(H,18,20). The fourth-order valence-corrected chi connectivity index (χ4v) is 2.07. The third kappa shape index (κ3) is 3.85. The molecule has 0 spiro atoms. The lowest BCUT2D eigenvalue weighted by molar-refractivity contribution is 0.0952. The second-order valence-electron chi connectivity index (χ2n) is 4.90. The van der Waals surface area contributed by atoms with Gasteiger partial charge in [-0.05, 0) is 42.2 Å². The Balaban J connectivity index is 1.81. The van der Waals surface area contributed by atoms with Gasteiger partial charge in [0.2, 0.25) is 0 Å². The summed E-state index contributed by atoms with van der Waals surface area (Å²) in [6.07, 6.45) is 0.897. The van der Waals surface area contributed by atoms with Gasteiger partial charge in [0.15, 0.2) is 0 Å². The van der Waals surface area contributed by atoms with Crippen molar-refractivity contribution in [2.45, 2.75) is 19.3 Å². The van der Waals surface area contributed by atoms with Crippen molar-refractivity contribution in [2.24, 2.45) is 0 Å². The highest BCUT2D eigenvalue weighted by Crippen LogP contribution is 2.17. The van der Waals surface area contributed by atoms with Crippen molar-refractivity contribution in [1.29, 1.82) is 0 Å². The first-order valence-corrected chi connectivity index (χ1v) is 6.79. The maximum Gasteiger partial charge on any atom is 0.251 e. The van der Waals surface area contributed by atoms with Gasteiger partial charge in [-0.1, -0.05) is 37.3 Å². The van der Waals surface area contributed by atoms with E-state index < -0.39 is 0 Å². The number of hydrogen-bond acceptors (Lipinski definition) is 2. The fourth-order valence-electron chi connectivity index (χ4n) is 2.07. The molecule has 2 aromatic rings. The molecule has 0 aliphatic rings. The molecule has 0 aliphatic heterocycles. The van der Waals surface area contributed by atoms with Crippen LogP contribution < -0.4 is 5.32 Å². The van der Waals surface area contributed by atoms with Crippen LogP contribution in [0.1, 0.15) is 35.2 Å². The van der Waals surface area contributed by atoms with Gasteiger partial charge in [-0.3, -0.25) is 4.79 Å². The van der Waals surface area contributed by atoms with Crippen LogP contribution in [-0.4, -0.2) is 17.6 Å². The van der Waals surface area contributed by atoms with Crippen molar-refractivity contribution in [1.82, 2.24) is 5.32 Å². The van der Waals surface area contributed by atoms with E-state index in [1.54, 1.807) is 12.1 Å². The molecule has 0 heterocycles. The highest BCUT2D eigenvalue weighted by Gasteiger charge is 2.07. The predicted molar refractivity (Wildman–Crippen MR) is 79.9 cm³/mol. The lowest BCUT2D eigenvalue weighted by Gasteiger charge is -2.12. The van der Waals surface area contributed by atoms with Crippen molar-refractivity contribution in [3.63, 3.8) is 0 Å². The van der Waals surface area contributed by atoms with E-state index in [1.165, 1.54) is 17.7 Å². The van der Waals surface area contributed by atoms with Gasteiger partial charge in [-0.2, -0.15) is 0 Å². The Morgan fingerprint density at radius 3 is 2.40 bits per heavy atom. The molecule has 0 bridgehead atoms. The zero-order valence-electron chi connectivity index (χ0n) is 11.5. The van der Waals surface area contributed by atoms with Crippen LogP contribution in [0, 0.1) is 0 Å². The molecule has 2 aromatic carbocycles. The van der Waals surface area contributed by atoms with Crippen molar-refractivity contribution < 1.29 is 9.90 Å². The fraction of sp³-hybridized carbons (Fsp3) is 0.235. The minimum Gasteiger partial charge on any atom is -0.508 e. The Hall–Kier alpha value is -2.29. The van der Waals surface area contributed by atoms with Gasteiger partial charge in [-0.15, -0.1) is 0 Å². The van der Waals surface area contributed by atoms with E-state index >= 15 is 0 Å². The number of carbonyl (C=O) groups excluding carboxylic acids is 1. The Labute approximate surface area is 119 Å². The van der Waals surface area contributed by atoms with Crippen molar-refractivity contribution in [3.8, 4) is 5.75 Å². The molecular weight excluding hydrogens is 250 g/mol. The Kier molecular flexibility index (Phi) is 4.77. The van der Waals surface area contributed by atoms with Gasteiger partial charge < -0.3 is 10.4 Å². The van der Waals surface area contributed by atoms with Crippen LogP contribution in [0.4, 0.5) is 0 Å². The minimum atomic E-state index is -0.106. The first-order valence-electron chi connectivity index (χ1n) is 6.79. The third-order valence-electron chi connectivity index (χ3n) is 3.36. The average Bonchev–Trinajstić information content (AvgIpc) is 2.48. The second kappa shape index (κ2) is 6.75. The van der Waals surface area contributed by atoms with Crippen LogP contribution in [0.5, 0.6) is 5.75 Å². The molecule has 0 aromatic heterocycles. The number of phenolic OH excluding ortho intramolecular Hbond substituents is 1. The topological polar surface area (TPSA) is 49.3 Å². The molecule has 0 saturated heterocycles. The Bertz CT molecular complexity index is 549. The normalized spacial score (nSPS) is 11.8. The molecular formula is C17H19NO2. The van der Waals surface area contributed by atoms with Gasteiger partial charge in [0.25, 0.3) is 5.91 Å². The van der Waals surface area contributed by atoms with Crippen molar-refractivity contribution in [2.75, 3.05) is 6.54 Å². The summed E-state index contributed by atoms with van der Waals surface area (Å²) in [6, 6.07) is 16.5. The zero-order valence-corrected chi connectivity index (χ0v) is 11.5. The molecule has 1 unspecified atom stereocenters. The first kappa shape index (κ1) is 14.1. The van der Waals surface area contributed by atoms with E-state index in [0.717, 1.165) is 6.42 Å². The summed E-state index contributed by atoms with van der Waals surface area (Å²) in [5.74, 6) is 0.473. The summed E-state index contributed by atoms with van der Waals surface area (Å²) >= 11 is 0. The van der Waals surface area contributed by atoms with Gasteiger partial charge >= 0.3 is 0 Å². The largest absolute Gasteiger partial charge is 0.508 e. The molecule has 0 fully saturated rings. The molecule has 20 heavy (non-hydrogen) atoms. The summed E-state index contributed by atoms with van der Waals surface area (Å²) in [7, 11) is 0. The lowest BCUT2D eigenvalue weighted by atomic mass is 9.98. The van der Waals surface area contributed by atoms with E-state index in [0.29, 0.717) is 18.0 Å². The van der Waals surface area contributed by atoms with Gasteiger partial charge in [-0.25, -0.2) is 0 Å². The summed E-state index contributed by atoms with van der Waals surface area (Å²) < 4.78 is 0. The molecule has 0 radical (unpaired) electrons. The SMILES string of the molecule is CC(CCNC(=O)c1ccc(O)cc1)c1ccccc1. The van der Waals surface area contributed by atoms with Crippen LogP contribution in [-0.2, 0) is 0 Å². The minimum absolute atomic E-state index is 0.106. The van der Waals surface area contributed by atoms with Gasteiger partial charge in [0, 0.05) is 12.1 Å². The van der Waals surface area contributed by atoms with Crippen molar-refractivity contribution >= 4 is 5.91 Å². The van der Waals surface area contributed by atoms with E-state index in [9.17, 15) is 9.90 Å². The predicted octanol–water partition coefficient (Wildman–Crippen LogP) is 3.32. The number of hydrogen-bond donors (Lipinski definition) is 2. The van der Waals surface area contributed by atoms with E-state index in [4.69, 9.17) is 0 Å². The van der Waals surface area contributed by atoms with Gasteiger partial charge in [0.1, 0.15) is 5.75 Å². The summed E-state index contributed by atoms with van der Waals surface area (Å²) in [4.78, 5) is 11.9. The number of amides is 1. The maximum atomic E-state index is 11.9. The number of rotatable bonds is 5. The number of nitrogens with one attached hydrogen (secondary N) is 1. The van der Waals surface area contributed by atoms with Crippen LogP contribution in [0.2, 0.25) is 0 Å². The number of aromatic hydroxyl groups is 1. The first-order chi connectivity index (χ1) is 9.66. The third-order valence-corrected chi connectivity index (χ3v) is 3.36. The van der Waals surface area contributed by atoms with E-state index in [-0.39, 0.29) is 11.7 Å². The molecule has 3 nitrogen and oxygen atoms in total. The Morgan fingerprint density at radius 1 is 1.10 bits per heavy atom. The van der Waals surface area contributed by atoms with Gasteiger partial charge in [0.05, 0.1) is 0 Å². The molecule has 3 heteroatoms. The molecule has 2 N–H and O–H groups in total. The molecule has 2 rings (SSSR count). The Morgan fingerprint density at radius 2 is 1.75 bits per heavy atom. The maximum absolute atomic E-state index is 11.9. The smallest absolute Gasteiger partial charge is 0.251 e. The van der Waals surface area contributed by atoms with Crippen molar-refractivity contribution in [3.05, 3.63) is 65.7 Å². The number of phenols is 1. The molecule has 104 valence electrons. The molecule has 1 amide bonds. The van der Waals surface area contributed by atoms with Crippen LogP contribution in [0.3, 0.4) is 0 Å². The lowest BCUT2D eigenvalue weighted by Crippen LogP contribution is -2.25. The van der Waals surface area contributed by atoms with E-state index in [1.807, 2.05) is 18.2 Å². The van der Waals surface area contributed by atoms with Crippen LogP contribution >= 0.6 is 0 Å². The van der Waals surface area contributed by atoms with Crippen LogP contribution in [0.15, 0.2) is 54.6 Å². The van der Waals surface area contributed by atoms with E-state index in [2.05, 4.69) is 24.4 Å². The summed E-state index contributed by atoms with van der Waals surface area (Å²) in [6.45, 7) is 2.79. The number of benzene rings is 2. The monoisotopic (exact) mass is 269 g/mol. The summed E-state index contributed by atoms with van der Waals surface area (Å²) in [5.41, 5.74) is 1.85. The summed E-state index contributed by atoms with van der Waals surface area (Å²) in [5, 5.41) is 12.1. The molecule has 1 atom stereocenters. The number of carbonyl (C=O) groups is 1. The average molecular weight is 269 g/mol. The highest BCUT2D eigenvalue weighted by molar-refractivity contribution is 5.94. The molecule has 0 aliphatic carbocycles.